The van der Waals surface area contributed by atoms with E-state index < -0.39 is 0 Å². The van der Waals surface area contributed by atoms with E-state index in [1.807, 2.05) is 47.1 Å². The van der Waals surface area contributed by atoms with Gasteiger partial charge < -0.3 is 10.2 Å². The van der Waals surface area contributed by atoms with Crippen molar-refractivity contribution in [3.05, 3.63) is 53.9 Å². The minimum Gasteiger partial charge on any atom is -0.333 e. The Labute approximate surface area is 162 Å². The number of nitrogens with zero attached hydrogens (tertiary/aromatic N) is 3. The zero-order chi connectivity index (χ0) is 17.8. The first-order valence-corrected chi connectivity index (χ1v) is 9.16. The zero-order valence-electron chi connectivity index (χ0n) is 15.8. The summed E-state index contributed by atoms with van der Waals surface area (Å²) in [7, 11) is 1.88. The monoisotopic (exact) mass is 376 g/mol. The van der Waals surface area contributed by atoms with Crippen LogP contribution in [0.3, 0.4) is 0 Å². The van der Waals surface area contributed by atoms with Crippen molar-refractivity contribution < 1.29 is 4.79 Å². The largest absolute Gasteiger partial charge is 0.333 e. The van der Waals surface area contributed by atoms with Gasteiger partial charge in [-0.05, 0) is 36.9 Å². The first kappa shape index (κ1) is 20.5. The molecule has 6 heteroatoms. The van der Waals surface area contributed by atoms with E-state index in [9.17, 15) is 4.79 Å². The lowest BCUT2D eigenvalue weighted by molar-refractivity contribution is 0.0679. The molecule has 5 nitrogen and oxygen atoms in total. The standard InChI is InChI=1S/C20H28N4O.ClH/c1-15(2)19(16-8-5-4-6-9-16)23(3)20(25)18-11-13-24(22-18)17-10-7-12-21-14-17;/h4-6,8-9,11,13,15,17,19,21H,7,10,12,14H2,1-3H3;1H. The number of benzene rings is 1. The summed E-state index contributed by atoms with van der Waals surface area (Å²) in [5, 5.41) is 7.97. The Morgan fingerprint density at radius 2 is 2.00 bits per heavy atom. The summed E-state index contributed by atoms with van der Waals surface area (Å²) >= 11 is 0. The highest BCUT2D eigenvalue weighted by Crippen LogP contribution is 2.28. The van der Waals surface area contributed by atoms with Gasteiger partial charge in [0.15, 0.2) is 0 Å². The zero-order valence-corrected chi connectivity index (χ0v) is 16.6. The number of aromatic nitrogens is 2. The lowest BCUT2D eigenvalue weighted by Gasteiger charge is -2.31. The molecule has 142 valence electrons. The van der Waals surface area contributed by atoms with E-state index in [-0.39, 0.29) is 24.4 Å². The topological polar surface area (TPSA) is 50.2 Å². The Kier molecular flexibility index (Phi) is 7.23. The molecule has 0 spiro atoms. The maximum atomic E-state index is 13.0. The predicted molar refractivity (Wildman–Crippen MR) is 107 cm³/mol. The van der Waals surface area contributed by atoms with Crippen molar-refractivity contribution in [1.82, 2.24) is 20.0 Å². The van der Waals surface area contributed by atoms with Crippen LogP contribution in [0.5, 0.6) is 0 Å². The van der Waals surface area contributed by atoms with E-state index in [0.717, 1.165) is 31.5 Å². The summed E-state index contributed by atoms with van der Waals surface area (Å²) in [5.74, 6) is 0.297. The van der Waals surface area contributed by atoms with Gasteiger partial charge in [0, 0.05) is 19.8 Å². The molecule has 1 N–H and O–H groups in total. The van der Waals surface area contributed by atoms with Crippen LogP contribution < -0.4 is 5.32 Å². The summed E-state index contributed by atoms with van der Waals surface area (Å²) in [6.45, 7) is 6.28. The fraction of sp³-hybridized carbons (Fsp3) is 0.500. The summed E-state index contributed by atoms with van der Waals surface area (Å²) in [5.41, 5.74) is 1.68. The van der Waals surface area contributed by atoms with Gasteiger partial charge in [0.05, 0.1) is 12.1 Å². The molecule has 0 bridgehead atoms. The molecule has 1 aliphatic heterocycles. The summed E-state index contributed by atoms with van der Waals surface area (Å²) in [4.78, 5) is 14.8. The van der Waals surface area contributed by atoms with Crippen LogP contribution in [-0.2, 0) is 0 Å². The predicted octanol–water partition coefficient (Wildman–Crippen LogP) is 3.70. The summed E-state index contributed by atoms with van der Waals surface area (Å²) < 4.78 is 1.94. The maximum Gasteiger partial charge on any atom is 0.274 e. The van der Waals surface area contributed by atoms with Gasteiger partial charge in [-0.1, -0.05) is 44.2 Å². The van der Waals surface area contributed by atoms with Crippen molar-refractivity contribution in [2.24, 2.45) is 5.92 Å². The minimum atomic E-state index is -0.0231. The Morgan fingerprint density at radius 3 is 2.62 bits per heavy atom. The van der Waals surface area contributed by atoms with Gasteiger partial charge in [-0.15, -0.1) is 12.4 Å². The minimum absolute atomic E-state index is 0. The van der Waals surface area contributed by atoms with E-state index in [1.54, 1.807) is 0 Å². The van der Waals surface area contributed by atoms with E-state index in [0.29, 0.717) is 17.7 Å². The third kappa shape index (κ3) is 4.46. The molecule has 1 saturated heterocycles. The lowest BCUT2D eigenvalue weighted by Crippen LogP contribution is -2.35. The summed E-state index contributed by atoms with van der Waals surface area (Å²) in [6.07, 6.45) is 4.19. The Morgan fingerprint density at radius 1 is 1.27 bits per heavy atom. The fourth-order valence-electron chi connectivity index (χ4n) is 3.73. The molecule has 0 aliphatic carbocycles. The molecule has 2 aromatic rings. The quantitative estimate of drug-likeness (QED) is 0.865. The number of piperidine rings is 1. The van der Waals surface area contributed by atoms with Gasteiger partial charge in [-0.3, -0.25) is 9.48 Å². The summed E-state index contributed by atoms with van der Waals surface area (Å²) in [6, 6.07) is 12.4. The number of nitrogens with one attached hydrogen (secondary N) is 1. The number of amides is 1. The number of rotatable bonds is 5. The van der Waals surface area contributed by atoms with Crippen LogP contribution in [0.25, 0.3) is 0 Å². The van der Waals surface area contributed by atoms with Gasteiger partial charge in [0.2, 0.25) is 0 Å². The molecule has 0 radical (unpaired) electrons. The van der Waals surface area contributed by atoms with Crippen molar-refractivity contribution in [3.8, 4) is 0 Å². The smallest absolute Gasteiger partial charge is 0.274 e. The third-order valence-corrected chi connectivity index (χ3v) is 4.98. The number of halogens is 1. The normalized spacial score (nSPS) is 18.2. The van der Waals surface area contributed by atoms with E-state index in [1.165, 1.54) is 0 Å². The Hall–Kier alpha value is -1.85. The van der Waals surface area contributed by atoms with Crippen molar-refractivity contribution in [2.75, 3.05) is 20.1 Å². The highest BCUT2D eigenvalue weighted by molar-refractivity contribution is 5.92. The number of hydrogen-bond donors (Lipinski definition) is 1. The average molecular weight is 377 g/mol. The number of carbonyl (C=O) groups is 1. The van der Waals surface area contributed by atoms with Crippen molar-refractivity contribution >= 4 is 18.3 Å². The molecule has 1 fully saturated rings. The van der Waals surface area contributed by atoms with Gasteiger partial charge in [-0.25, -0.2) is 0 Å². The molecule has 1 aliphatic rings. The second-order valence-electron chi connectivity index (χ2n) is 7.20. The first-order chi connectivity index (χ1) is 12.1. The van der Waals surface area contributed by atoms with E-state index in [4.69, 9.17) is 0 Å². The van der Waals surface area contributed by atoms with Crippen LogP contribution in [0.2, 0.25) is 0 Å². The van der Waals surface area contributed by atoms with E-state index >= 15 is 0 Å². The SMILES string of the molecule is CC(C)C(c1ccccc1)N(C)C(=O)c1ccn(C2CCCNC2)n1.Cl. The highest BCUT2D eigenvalue weighted by atomic mass is 35.5. The van der Waals surface area contributed by atoms with Crippen LogP contribution in [0, 0.1) is 5.92 Å². The van der Waals surface area contributed by atoms with Crippen LogP contribution >= 0.6 is 12.4 Å². The average Bonchev–Trinajstić information content (AvgIpc) is 3.12. The second kappa shape index (κ2) is 9.19. The van der Waals surface area contributed by atoms with Crippen molar-refractivity contribution in [3.63, 3.8) is 0 Å². The first-order valence-electron chi connectivity index (χ1n) is 9.16. The molecule has 1 aromatic heterocycles. The fourth-order valence-corrected chi connectivity index (χ4v) is 3.73. The molecule has 26 heavy (non-hydrogen) atoms. The highest BCUT2D eigenvalue weighted by Gasteiger charge is 2.27. The molecular formula is C20H29ClN4O. The Balaban J connectivity index is 0.00000243. The molecular weight excluding hydrogens is 348 g/mol. The van der Waals surface area contributed by atoms with Gasteiger partial charge in [0.25, 0.3) is 5.91 Å². The molecule has 2 unspecified atom stereocenters. The lowest BCUT2D eigenvalue weighted by atomic mass is 9.94. The number of hydrogen-bond acceptors (Lipinski definition) is 3. The molecule has 1 aromatic carbocycles. The van der Waals surface area contributed by atoms with Crippen LogP contribution in [0.1, 0.15) is 54.8 Å². The molecule has 1 amide bonds. The van der Waals surface area contributed by atoms with Crippen molar-refractivity contribution in [2.45, 2.75) is 38.8 Å². The van der Waals surface area contributed by atoms with Gasteiger partial charge in [-0.2, -0.15) is 5.10 Å². The van der Waals surface area contributed by atoms with Gasteiger partial charge in [0.1, 0.15) is 5.69 Å². The van der Waals surface area contributed by atoms with Gasteiger partial charge >= 0.3 is 0 Å². The third-order valence-electron chi connectivity index (χ3n) is 4.98. The molecule has 2 atom stereocenters. The molecule has 0 saturated carbocycles. The molecule has 2 heterocycles. The van der Waals surface area contributed by atoms with Crippen LogP contribution in [0.4, 0.5) is 0 Å². The van der Waals surface area contributed by atoms with Crippen molar-refractivity contribution in [1.29, 1.82) is 0 Å². The number of carbonyl (C=O) groups excluding carboxylic acids is 1. The molecule has 3 rings (SSSR count). The van der Waals surface area contributed by atoms with Crippen LogP contribution in [0.15, 0.2) is 42.6 Å². The maximum absolute atomic E-state index is 13.0. The second-order valence-corrected chi connectivity index (χ2v) is 7.20. The van der Waals surface area contributed by atoms with E-state index in [2.05, 4.69) is 36.4 Å². The van der Waals surface area contributed by atoms with Crippen LogP contribution in [-0.4, -0.2) is 40.7 Å². The Bertz CT molecular complexity index is 695.